The molecule has 3 aromatic heterocycles. The summed E-state index contributed by atoms with van der Waals surface area (Å²) in [5.74, 6) is 0.354. The molecule has 0 unspecified atom stereocenters. The normalized spacial score (nSPS) is 13.6. The first-order chi connectivity index (χ1) is 22.2. The topological polar surface area (TPSA) is 30.7 Å². The monoisotopic (exact) mass is 577 g/mol. The van der Waals surface area contributed by atoms with E-state index in [1.807, 2.05) is 12.1 Å². The van der Waals surface area contributed by atoms with Crippen molar-refractivity contribution in [3.8, 4) is 39.5 Å². The first-order valence-electron chi connectivity index (χ1n) is 15.2. The SMILES string of the molecule is Fc1cccc(-c2ccc3c4ccccc4n(-c4ccc5c(n4)-c4ccccc4C54c5ccccc5-c5ccccc54)c3c2)n1. The summed E-state index contributed by atoms with van der Waals surface area (Å²) < 4.78 is 16.3. The number of nitrogens with zero attached hydrogens (tertiary/aromatic N) is 3. The number of aromatic nitrogens is 3. The summed E-state index contributed by atoms with van der Waals surface area (Å²) >= 11 is 0. The van der Waals surface area contributed by atoms with Crippen LogP contribution < -0.4 is 0 Å². The predicted octanol–water partition coefficient (Wildman–Crippen LogP) is 9.72. The van der Waals surface area contributed by atoms with Gasteiger partial charge in [-0.3, -0.25) is 4.57 Å². The maximum Gasteiger partial charge on any atom is 0.213 e. The molecular formula is C41H24FN3. The molecule has 8 aromatic rings. The van der Waals surface area contributed by atoms with Crippen molar-refractivity contribution in [1.82, 2.24) is 14.5 Å². The highest BCUT2D eigenvalue weighted by Gasteiger charge is 2.52. The Morgan fingerprint density at radius 2 is 1.13 bits per heavy atom. The van der Waals surface area contributed by atoms with Crippen LogP contribution in [0.3, 0.4) is 0 Å². The van der Waals surface area contributed by atoms with Crippen molar-refractivity contribution >= 4 is 21.8 Å². The summed E-state index contributed by atoms with van der Waals surface area (Å²) in [5.41, 5.74) is 12.9. The van der Waals surface area contributed by atoms with Crippen molar-refractivity contribution in [2.24, 2.45) is 0 Å². The van der Waals surface area contributed by atoms with Crippen LogP contribution in [0.15, 0.2) is 146 Å². The van der Waals surface area contributed by atoms with Gasteiger partial charge in [0.25, 0.3) is 0 Å². The average Bonchev–Trinajstić information content (AvgIpc) is 3.69. The molecule has 3 nitrogen and oxygen atoms in total. The number of hydrogen-bond acceptors (Lipinski definition) is 2. The Morgan fingerprint density at radius 3 is 1.89 bits per heavy atom. The van der Waals surface area contributed by atoms with E-state index in [-0.39, 0.29) is 0 Å². The fraction of sp³-hybridized carbons (Fsp3) is 0.0244. The molecule has 0 radical (unpaired) electrons. The molecule has 1 spiro atoms. The van der Waals surface area contributed by atoms with Crippen molar-refractivity contribution in [2.75, 3.05) is 0 Å². The van der Waals surface area contributed by atoms with Gasteiger partial charge in [0, 0.05) is 21.9 Å². The number of halogens is 1. The molecule has 210 valence electrons. The third-order valence-corrected chi connectivity index (χ3v) is 9.74. The zero-order chi connectivity index (χ0) is 29.7. The summed E-state index contributed by atoms with van der Waals surface area (Å²) in [6.45, 7) is 0. The van der Waals surface area contributed by atoms with Crippen LogP contribution in [0.25, 0.3) is 61.3 Å². The van der Waals surface area contributed by atoms with Crippen LogP contribution in [0.4, 0.5) is 4.39 Å². The summed E-state index contributed by atoms with van der Waals surface area (Å²) in [4.78, 5) is 9.67. The Morgan fingerprint density at radius 1 is 0.489 bits per heavy atom. The minimum Gasteiger partial charge on any atom is -0.294 e. The lowest BCUT2D eigenvalue weighted by atomic mass is 9.71. The third-order valence-electron chi connectivity index (χ3n) is 9.74. The van der Waals surface area contributed by atoms with E-state index in [0.29, 0.717) is 5.69 Å². The Kier molecular flexibility index (Phi) is 4.82. The van der Waals surface area contributed by atoms with E-state index in [0.717, 1.165) is 44.4 Å². The molecule has 0 amide bonds. The molecule has 3 heterocycles. The van der Waals surface area contributed by atoms with Gasteiger partial charge in [-0.05, 0) is 63.7 Å². The number of benzene rings is 5. The maximum atomic E-state index is 14.1. The van der Waals surface area contributed by atoms with E-state index in [2.05, 4.69) is 131 Å². The van der Waals surface area contributed by atoms with Crippen molar-refractivity contribution < 1.29 is 4.39 Å². The second kappa shape index (κ2) is 8.84. The fourth-order valence-electron chi connectivity index (χ4n) is 8.00. The number of fused-ring (bicyclic) bond motifs is 13. The van der Waals surface area contributed by atoms with Gasteiger partial charge >= 0.3 is 0 Å². The third kappa shape index (κ3) is 3.13. The molecule has 2 aliphatic rings. The van der Waals surface area contributed by atoms with E-state index in [1.54, 1.807) is 6.07 Å². The second-order valence-corrected chi connectivity index (χ2v) is 11.9. The van der Waals surface area contributed by atoms with E-state index >= 15 is 0 Å². The van der Waals surface area contributed by atoms with E-state index in [4.69, 9.17) is 4.98 Å². The van der Waals surface area contributed by atoms with Gasteiger partial charge in [-0.1, -0.05) is 115 Å². The lowest BCUT2D eigenvalue weighted by molar-refractivity contribution is 0.585. The fourth-order valence-corrected chi connectivity index (χ4v) is 8.00. The average molecular weight is 578 g/mol. The second-order valence-electron chi connectivity index (χ2n) is 11.9. The predicted molar refractivity (Wildman–Crippen MR) is 178 cm³/mol. The van der Waals surface area contributed by atoms with Crippen LogP contribution in [-0.2, 0) is 5.41 Å². The lowest BCUT2D eigenvalue weighted by Crippen LogP contribution is -2.25. The molecule has 4 heteroatoms. The molecule has 0 fully saturated rings. The summed E-state index contributed by atoms with van der Waals surface area (Å²) in [5, 5.41) is 2.26. The van der Waals surface area contributed by atoms with Crippen LogP contribution >= 0.6 is 0 Å². The highest BCUT2D eigenvalue weighted by atomic mass is 19.1. The minimum atomic E-state index is -0.490. The highest BCUT2D eigenvalue weighted by molar-refractivity contribution is 6.10. The van der Waals surface area contributed by atoms with E-state index in [9.17, 15) is 4.39 Å². The quantitative estimate of drug-likeness (QED) is 0.192. The van der Waals surface area contributed by atoms with Gasteiger partial charge in [0.15, 0.2) is 0 Å². The molecule has 0 bridgehead atoms. The molecule has 0 saturated carbocycles. The standard InChI is InChI=1S/C41H24FN3/c42-38-19-9-17-35(43-38)25-20-21-29-28-12-4-8-18-36(28)45(37(29)24-25)39-23-22-34-40(44-39)30-13-3-7-16-33(30)41(34)31-14-5-1-10-26(31)27-11-2-6-15-32(27)41/h1-24H. The van der Waals surface area contributed by atoms with Crippen LogP contribution in [0.2, 0.25) is 0 Å². The van der Waals surface area contributed by atoms with Crippen LogP contribution in [0.1, 0.15) is 22.3 Å². The smallest absolute Gasteiger partial charge is 0.213 e. The Bertz CT molecular complexity index is 2480. The van der Waals surface area contributed by atoms with Gasteiger partial charge in [0.1, 0.15) is 5.82 Å². The molecule has 45 heavy (non-hydrogen) atoms. The zero-order valence-electron chi connectivity index (χ0n) is 24.1. The van der Waals surface area contributed by atoms with Gasteiger partial charge in [-0.15, -0.1) is 0 Å². The van der Waals surface area contributed by atoms with Crippen LogP contribution in [0.5, 0.6) is 0 Å². The summed E-state index contributed by atoms with van der Waals surface area (Å²) in [6, 6.07) is 50.4. The number of hydrogen-bond donors (Lipinski definition) is 0. The van der Waals surface area contributed by atoms with Crippen molar-refractivity contribution in [3.05, 3.63) is 174 Å². The van der Waals surface area contributed by atoms with Gasteiger partial charge in [0.05, 0.1) is 27.8 Å². The van der Waals surface area contributed by atoms with E-state index in [1.165, 1.54) is 39.4 Å². The molecule has 0 N–H and O–H groups in total. The first kappa shape index (κ1) is 24.6. The Balaban J connectivity index is 1.27. The van der Waals surface area contributed by atoms with Gasteiger partial charge < -0.3 is 0 Å². The Labute approximate surface area is 258 Å². The van der Waals surface area contributed by atoms with Gasteiger partial charge in [-0.25, -0.2) is 9.97 Å². The van der Waals surface area contributed by atoms with Crippen LogP contribution in [0, 0.1) is 5.95 Å². The lowest BCUT2D eigenvalue weighted by Gasteiger charge is -2.30. The summed E-state index contributed by atoms with van der Waals surface area (Å²) in [7, 11) is 0. The largest absolute Gasteiger partial charge is 0.294 e. The van der Waals surface area contributed by atoms with Crippen molar-refractivity contribution in [3.63, 3.8) is 0 Å². The molecule has 0 saturated heterocycles. The van der Waals surface area contributed by atoms with Gasteiger partial charge in [-0.2, -0.15) is 4.39 Å². The van der Waals surface area contributed by atoms with Crippen molar-refractivity contribution in [2.45, 2.75) is 5.41 Å². The Hall–Kier alpha value is -5.87. The molecule has 2 aliphatic carbocycles. The van der Waals surface area contributed by atoms with E-state index < -0.39 is 11.4 Å². The zero-order valence-corrected chi connectivity index (χ0v) is 24.1. The molecule has 0 aliphatic heterocycles. The number of pyridine rings is 2. The van der Waals surface area contributed by atoms with Crippen molar-refractivity contribution in [1.29, 1.82) is 0 Å². The first-order valence-corrected chi connectivity index (χ1v) is 15.2. The highest BCUT2D eigenvalue weighted by Crippen LogP contribution is 2.62. The maximum absolute atomic E-state index is 14.1. The molecule has 10 rings (SSSR count). The minimum absolute atomic E-state index is 0.429. The van der Waals surface area contributed by atoms with Crippen LogP contribution in [-0.4, -0.2) is 14.5 Å². The number of rotatable bonds is 2. The molecular weight excluding hydrogens is 553 g/mol. The molecule has 0 atom stereocenters. The molecule has 5 aromatic carbocycles. The van der Waals surface area contributed by atoms with Gasteiger partial charge in [0.2, 0.25) is 5.95 Å². The number of para-hydroxylation sites is 1. The summed E-state index contributed by atoms with van der Waals surface area (Å²) in [6.07, 6.45) is 0.